The van der Waals surface area contributed by atoms with Crippen LogP contribution in [-0.4, -0.2) is 97.5 Å². The second-order valence-electron chi connectivity index (χ2n) is 5.33. The van der Waals surface area contributed by atoms with Gasteiger partial charge in [0.2, 0.25) is 0 Å². The van der Waals surface area contributed by atoms with Gasteiger partial charge in [-0.25, -0.2) is 0 Å². The maximum atomic E-state index is 8.95. The van der Waals surface area contributed by atoms with Crippen LogP contribution in [0, 0.1) is 0 Å². The van der Waals surface area contributed by atoms with E-state index in [9.17, 15) is 0 Å². The molecule has 0 saturated heterocycles. The summed E-state index contributed by atoms with van der Waals surface area (Å²) in [5.74, 6) is 0. The normalized spacial score (nSPS) is 12.0. The van der Waals surface area contributed by atoms with E-state index in [0.717, 1.165) is 39.1 Å². The van der Waals surface area contributed by atoms with Crippen molar-refractivity contribution in [3.8, 4) is 0 Å². The first-order chi connectivity index (χ1) is 9.67. The minimum Gasteiger partial charge on any atom is -0.395 e. The number of hydrogen-bond acceptors (Lipinski definition) is 5. The Hall–Kier alpha value is -0.200. The zero-order valence-electron chi connectivity index (χ0n) is 13.7. The fourth-order valence-corrected chi connectivity index (χ4v) is 2.40. The summed E-state index contributed by atoms with van der Waals surface area (Å²) in [4.78, 5) is 6.95. The molecule has 0 unspecified atom stereocenters. The van der Waals surface area contributed by atoms with Crippen LogP contribution in [0.4, 0.5) is 0 Å². The van der Waals surface area contributed by atoms with Gasteiger partial charge in [-0.2, -0.15) is 0 Å². The van der Waals surface area contributed by atoms with Gasteiger partial charge in [-0.05, 0) is 59.2 Å². The van der Waals surface area contributed by atoms with Crippen LogP contribution in [0.1, 0.15) is 26.7 Å². The molecule has 5 nitrogen and oxygen atoms in total. The van der Waals surface area contributed by atoms with E-state index in [0.29, 0.717) is 13.1 Å². The van der Waals surface area contributed by atoms with E-state index >= 15 is 0 Å². The molecule has 0 saturated carbocycles. The summed E-state index contributed by atoms with van der Waals surface area (Å²) in [7, 11) is 2.17. The van der Waals surface area contributed by atoms with Gasteiger partial charge in [-0.1, -0.05) is 13.8 Å². The van der Waals surface area contributed by atoms with Crippen molar-refractivity contribution in [1.29, 1.82) is 0 Å². The number of rotatable bonds is 14. The maximum Gasteiger partial charge on any atom is 0.0558 e. The van der Waals surface area contributed by atoms with Crippen LogP contribution < -0.4 is 0 Å². The van der Waals surface area contributed by atoms with Gasteiger partial charge in [0.15, 0.2) is 0 Å². The highest BCUT2D eigenvalue weighted by Gasteiger charge is 2.05. The first-order valence-corrected chi connectivity index (χ1v) is 8.02. The Morgan fingerprint density at radius 2 is 1.10 bits per heavy atom. The van der Waals surface area contributed by atoms with Crippen LogP contribution in [-0.2, 0) is 0 Å². The summed E-state index contributed by atoms with van der Waals surface area (Å²) in [6.07, 6.45) is 2.30. The van der Waals surface area contributed by atoms with E-state index in [2.05, 4.69) is 35.6 Å². The molecule has 0 aromatic heterocycles. The number of nitrogens with zero attached hydrogens (tertiary/aromatic N) is 3. The minimum atomic E-state index is 0.166. The molecule has 0 amide bonds. The molecule has 2 N–H and O–H groups in total. The van der Waals surface area contributed by atoms with E-state index < -0.39 is 0 Å². The van der Waals surface area contributed by atoms with E-state index in [-0.39, 0.29) is 13.2 Å². The lowest BCUT2D eigenvalue weighted by atomic mass is 10.3. The van der Waals surface area contributed by atoms with Crippen molar-refractivity contribution in [2.24, 2.45) is 0 Å². The molecule has 0 aromatic carbocycles. The smallest absolute Gasteiger partial charge is 0.0558 e. The summed E-state index contributed by atoms with van der Waals surface area (Å²) in [6.45, 7) is 12.7. The monoisotopic (exact) mass is 289 g/mol. The lowest BCUT2D eigenvalue weighted by Gasteiger charge is -2.23. The molecule has 0 aliphatic heterocycles. The van der Waals surface area contributed by atoms with Crippen molar-refractivity contribution in [3.05, 3.63) is 0 Å². The fourth-order valence-electron chi connectivity index (χ4n) is 2.40. The summed E-state index contributed by atoms with van der Waals surface area (Å²) in [5.41, 5.74) is 0. The average Bonchev–Trinajstić information content (AvgIpc) is 2.44. The van der Waals surface area contributed by atoms with Crippen LogP contribution in [0.3, 0.4) is 0 Å². The lowest BCUT2D eigenvalue weighted by molar-refractivity contribution is 0.155. The largest absolute Gasteiger partial charge is 0.395 e. The standard InChI is InChI=1S/C15H35N3O2/c1-4-17(5-2)10-6-8-16(3)9-7-11-18(12-14-19)13-15-20/h19-20H,4-15H2,1-3H3. The molecule has 0 spiro atoms. The third-order valence-corrected chi connectivity index (χ3v) is 3.76. The van der Waals surface area contributed by atoms with Crippen molar-refractivity contribution in [3.63, 3.8) is 0 Å². The molecule has 0 atom stereocenters. The third kappa shape index (κ3) is 10.6. The van der Waals surface area contributed by atoms with Gasteiger partial charge in [-0.3, -0.25) is 4.90 Å². The topological polar surface area (TPSA) is 50.2 Å². The quantitative estimate of drug-likeness (QED) is 0.482. The van der Waals surface area contributed by atoms with Crippen molar-refractivity contribution in [2.45, 2.75) is 26.7 Å². The zero-order valence-corrected chi connectivity index (χ0v) is 13.7. The molecule has 0 rings (SSSR count). The fraction of sp³-hybridized carbons (Fsp3) is 1.00. The molecular weight excluding hydrogens is 254 g/mol. The van der Waals surface area contributed by atoms with Gasteiger partial charge in [0.05, 0.1) is 13.2 Å². The van der Waals surface area contributed by atoms with Crippen molar-refractivity contribution in [1.82, 2.24) is 14.7 Å². The molecule has 0 fully saturated rings. The predicted molar refractivity (Wildman–Crippen MR) is 85.1 cm³/mol. The molecule has 20 heavy (non-hydrogen) atoms. The van der Waals surface area contributed by atoms with Gasteiger partial charge >= 0.3 is 0 Å². The summed E-state index contributed by atoms with van der Waals surface area (Å²) >= 11 is 0. The van der Waals surface area contributed by atoms with Gasteiger partial charge in [0.1, 0.15) is 0 Å². The lowest BCUT2D eigenvalue weighted by Crippen LogP contribution is -2.33. The number of aliphatic hydroxyl groups excluding tert-OH is 2. The second kappa shape index (κ2) is 13.8. The van der Waals surface area contributed by atoms with Crippen LogP contribution in [0.2, 0.25) is 0 Å². The number of hydrogen-bond donors (Lipinski definition) is 2. The summed E-state index contributed by atoms with van der Waals surface area (Å²) in [5, 5.41) is 17.9. The molecule has 0 aromatic rings. The van der Waals surface area contributed by atoms with Crippen molar-refractivity contribution >= 4 is 0 Å². The van der Waals surface area contributed by atoms with Crippen LogP contribution in [0.15, 0.2) is 0 Å². The summed E-state index contributed by atoms with van der Waals surface area (Å²) < 4.78 is 0. The molecule has 0 radical (unpaired) electrons. The van der Waals surface area contributed by atoms with Gasteiger partial charge in [0.25, 0.3) is 0 Å². The van der Waals surface area contributed by atoms with Gasteiger partial charge < -0.3 is 20.0 Å². The average molecular weight is 289 g/mol. The molecule has 0 heterocycles. The van der Waals surface area contributed by atoms with Crippen molar-refractivity contribution < 1.29 is 10.2 Å². The molecule has 122 valence electrons. The molecule has 0 aliphatic carbocycles. The van der Waals surface area contributed by atoms with Gasteiger partial charge in [-0.15, -0.1) is 0 Å². The van der Waals surface area contributed by atoms with Crippen molar-refractivity contribution in [2.75, 3.05) is 72.6 Å². The number of aliphatic hydroxyl groups is 2. The third-order valence-electron chi connectivity index (χ3n) is 3.76. The summed E-state index contributed by atoms with van der Waals surface area (Å²) in [6, 6.07) is 0. The Morgan fingerprint density at radius 3 is 1.50 bits per heavy atom. The van der Waals surface area contributed by atoms with Crippen LogP contribution in [0.25, 0.3) is 0 Å². The first-order valence-electron chi connectivity index (χ1n) is 8.02. The van der Waals surface area contributed by atoms with Gasteiger partial charge in [0, 0.05) is 13.1 Å². The first kappa shape index (κ1) is 19.8. The minimum absolute atomic E-state index is 0.166. The Labute approximate surface area is 125 Å². The Bertz CT molecular complexity index is 196. The Kier molecular flexibility index (Phi) is 13.6. The highest BCUT2D eigenvalue weighted by molar-refractivity contribution is 4.61. The Morgan fingerprint density at radius 1 is 0.650 bits per heavy atom. The van der Waals surface area contributed by atoms with E-state index in [4.69, 9.17) is 10.2 Å². The Balaban J connectivity index is 3.63. The van der Waals surface area contributed by atoms with E-state index in [1.807, 2.05) is 0 Å². The highest BCUT2D eigenvalue weighted by Crippen LogP contribution is 1.97. The molecule has 5 heteroatoms. The molecular formula is C15H35N3O2. The zero-order chi connectivity index (χ0) is 15.2. The molecule has 0 aliphatic rings. The SMILES string of the molecule is CCN(CC)CCCN(C)CCCN(CCO)CCO. The second-order valence-corrected chi connectivity index (χ2v) is 5.33. The van der Waals surface area contributed by atoms with E-state index in [1.165, 1.54) is 13.0 Å². The molecule has 0 bridgehead atoms. The maximum absolute atomic E-state index is 8.95. The van der Waals surface area contributed by atoms with Crippen LogP contribution in [0.5, 0.6) is 0 Å². The van der Waals surface area contributed by atoms with E-state index in [1.54, 1.807) is 0 Å². The highest BCUT2D eigenvalue weighted by atomic mass is 16.3. The predicted octanol–water partition coefficient (Wildman–Crippen LogP) is 0.327. The van der Waals surface area contributed by atoms with Crippen LogP contribution >= 0.6 is 0 Å².